The summed E-state index contributed by atoms with van der Waals surface area (Å²) in [6.45, 7) is -0.395. The highest BCUT2D eigenvalue weighted by Gasteiger charge is 2.04. The third kappa shape index (κ3) is 2.38. The molecule has 0 atom stereocenters. The summed E-state index contributed by atoms with van der Waals surface area (Å²) in [4.78, 5) is 0. The van der Waals surface area contributed by atoms with E-state index in [2.05, 4.69) is 0 Å². The lowest BCUT2D eigenvalue weighted by molar-refractivity contribution is 0.0954. The first kappa shape index (κ1) is 10.4. The summed E-state index contributed by atoms with van der Waals surface area (Å²) in [6, 6.07) is 7.19. The first-order valence-corrected chi connectivity index (χ1v) is 4.09. The first-order chi connectivity index (χ1) is 6.81. The van der Waals surface area contributed by atoms with Gasteiger partial charge in [0.2, 0.25) is 0 Å². The minimum atomic E-state index is -0.395. The Bertz CT molecular complexity index is 344. The fraction of sp³-hybridized carbons (Fsp3) is 0.300. The summed E-state index contributed by atoms with van der Waals surface area (Å²) >= 11 is 0. The standard InChI is InChI=1S/C10H11NO3/c1-13-10-6-8(4-5-11)2-3-9(10)14-7-12/h2-3,6,12H,4,7H2,1H3. The maximum absolute atomic E-state index is 8.58. The van der Waals surface area contributed by atoms with Gasteiger partial charge in [-0.15, -0.1) is 0 Å². The van der Waals surface area contributed by atoms with Crippen LogP contribution in [0.3, 0.4) is 0 Å². The van der Waals surface area contributed by atoms with E-state index >= 15 is 0 Å². The molecule has 74 valence electrons. The van der Waals surface area contributed by atoms with E-state index in [0.29, 0.717) is 17.9 Å². The highest BCUT2D eigenvalue weighted by molar-refractivity contribution is 5.43. The fourth-order valence-corrected chi connectivity index (χ4v) is 1.10. The van der Waals surface area contributed by atoms with Crippen molar-refractivity contribution >= 4 is 0 Å². The van der Waals surface area contributed by atoms with Gasteiger partial charge >= 0.3 is 0 Å². The van der Waals surface area contributed by atoms with Crippen LogP contribution in [0.5, 0.6) is 11.5 Å². The summed E-state index contributed by atoms with van der Waals surface area (Å²) in [5, 5.41) is 17.1. The lowest BCUT2D eigenvalue weighted by Crippen LogP contribution is -1.98. The lowest BCUT2D eigenvalue weighted by Gasteiger charge is -2.09. The molecule has 0 saturated carbocycles. The third-order valence-electron chi connectivity index (χ3n) is 1.73. The van der Waals surface area contributed by atoms with E-state index in [1.807, 2.05) is 6.07 Å². The Kier molecular flexibility index (Phi) is 3.77. The second-order valence-corrected chi connectivity index (χ2v) is 2.59. The van der Waals surface area contributed by atoms with Gasteiger partial charge < -0.3 is 14.6 Å². The Morgan fingerprint density at radius 3 is 2.79 bits per heavy atom. The average molecular weight is 193 g/mol. The Labute approximate surface area is 82.3 Å². The molecule has 1 aromatic rings. The molecular formula is C10H11NO3. The van der Waals surface area contributed by atoms with Crippen molar-refractivity contribution < 1.29 is 14.6 Å². The monoisotopic (exact) mass is 193 g/mol. The number of benzene rings is 1. The average Bonchev–Trinajstić information content (AvgIpc) is 2.21. The van der Waals surface area contributed by atoms with Crippen LogP contribution in [-0.4, -0.2) is 19.0 Å². The topological polar surface area (TPSA) is 62.5 Å². The molecule has 0 unspecified atom stereocenters. The number of nitriles is 1. The van der Waals surface area contributed by atoms with Gasteiger partial charge in [-0.1, -0.05) is 6.07 Å². The van der Waals surface area contributed by atoms with E-state index < -0.39 is 6.79 Å². The third-order valence-corrected chi connectivity index (χ3v) is 1.73. The van der Waals surface area contributed by atoms with E-state index in [1.165, 1.54) is 7.11 Å². The number of aliphatic hydroxyl groups excluding tert-OH is 1. The molecule has 0 aliphatic carbocycles. The summed E-state index contributed by atoms with van der Waals surface area (Å²) in [6.07, 6.45) is 0.329. The van der Waals surface area contributed by atoms with Gasteiger partial charge in [0, 0.05) is 0 Å². The van der Waals surface area contributed by atoms with Crippen LogP contribution >= 0.6 is 0 Å². The zero-order valence-corrected chi connectivity index (χ0v) is 7.86. The van der Waals surface area contributed by atoms with E-state index in [-0.39, 0.29) is 0 Å². The van der Waals surface area contributed by atoms with E-state index in [0.717, 1.165) is 5.56 Å². The molecule has 0 fully saturated rings. The van der Waals surface area contributed by atoms with Crippen LogP contribution in [0.2, 0.25) is 0 Å². The molecule has 0 bridgehead atoms. The van der Waals surface area contributed by atoms with Crippen LogP contribution in [0.15, 0.2) is 18.2 Å². The molecule has 0 aliphatic rings. The number of rotatable bonds is 4. The second kappa shape index (κ2) is 5.10. The van der Waals surface area contributed by atoms with E-state index in [9.17, 15) is 0 Å². The summed E-state index contributed by atoms with van der Waals surface area (Å²) in [5.41, 5.74) is 0.856. The maximum atomic E-state index is 8.58. The van der Waals surface area contributed by atoms with E-state index in [4.69, 9.17) is 19.8 Å². The van der Waals surface area contributed by atoms with Crippen molar-refractivity contribution in [2.45, 2.75) is 6.42 Å². The SMILES string of the molecule is COc1cc(CC#N)ccc1OCO. The van der Waals surface area contributed by atoms with Crippen LogP contribution in [0.25, 0.3) is 0 Å². The molecule has 1 N–H and O–H groups in total. The Hall–Kier alpha value is -1.73. The number of aliphatic hydroxyl groups is 1. The molecule has 0 heterocycles. The predicted octanol–water partition coefficient (Wildman–Crippen LogP) is 1.09. The number of nitrogens with zero attached hydrogens (tertiary/aromatic N) is 1. The molecule has 4 nitrogen and oxygen atoms in total. The summed E-state index contributed by atoms with van der Waals surface area (Å²) in [7, 11) is 1.51. The second-order valence-electron chi connectivity index (χ2n) is 2.59. The maximum Gasteiger partial charge on any atom is 0.186 e. The molecule has 0 aliphatic heterocycles. The van der Waals surface area contributed by atoms with Gasteiger partial charge in [0.05, 0.1) is 19.6 Å². The van der Waals surface area contributed by atoms with Crippen LogP contribution in [0.4, 0.5) is 0 Å². The first-order valence-electron chi connectivity index (χ1n) is 4.09. The number of ether oxygens (including phenoxy) is 2. The van der Waals surface area contributed by atoms with Crippen LogP contribution in [0.1, 0.15) is 5.56 Å². The summed E-state index contributed by atoms with van der Waals surface area (Å²) in [5.74, 6) is 0.989. The van der Waals surface area contributed by atoms with E-state index in [1.54, 1.807) is 18.2 Å². The predicted molar refractivity (Wildman–Crippen MR) is 50.0 cm³/mol. The van der Waals surface area contributed by atoms with Gasteiger partial charge in [-0.25, -0.2) is 0 Å². The normalized spacial score (nSPS) is 9.21. The zero-order valence-electron chi connectivity index (χ0n) is 7.86. The van der Waals surface area contributed by atoms with Gasteiger partial charge in [-0.3, -0.25) is 0 Å². The van der Waals surface area contributed by atoms with Gasteiger partial charge in [0.15, 0.2) is 18.3 Å². The van der Waals surface area contributed by atoms with Gasteiger partial charge in [-0.05, 0) is 17.7 Å². The lowest BCUT2D eigenvalue weighted by atomic mass is 10.1. The molecule has 14 heavy (non-hydrogen) atoms. The molecule has 1 rings (SSSR count). The number of methoxy groups -OCH3 is 1. The van der Waals surface area contributed by atoms with Crippen LogP contribution in [0, 0.1) is 11.3 Å². The smallest absolute Gasteiger partial charge is 0.186 e. The fourth-order valence-electron chi connectivity index (χ4n) is 1.10. The van der Waals surface area contributed by atoms with Crippen molar-refractivity contribution in [1.29, 1.82) is 5.26 Å². The molecule has 0 saturated heterocycles. The van der Waals surface area contributed by atoms with Crippen molar-refractivity contribution in [3.8, 4) is 17.6 Å². The molecule has 0 amide bonds. The van der Waals surface area contributed by atoms with Crippen molar-refractivity contribution in [2.24, 2.45) is 0 Å². The quantitative estimate of drug-likeness (QED) is 0.727. The molecule has 4 heteroatoms. The molecule has 1 aromatic carbocycles. The van der Waals surface area contributed by atoms with Crippen LogP contribution in [-0.2, 0) is 6.42 Å². The van der Waals surface area contributed by atoms with Crippen molar-refractivity contribution in [3.05, 3.63) is 23.8 Å². The Morgan fingerprint density at radius 2 is 2.21 bits per heavy atom. The van der Waals surface area contributed by atoms with Crippen molar-refractivity contribution in [2.75, 3.05) is 13.9 Å². The van der Waals surface area contributed by atoms with Crippen LogP contribution < -0.4 is 9.47 Å². The van der Waals surface area contributed by atoms with Gasteiger partial charge in [0.1, 0.15) is 0 Å². The molecule has 0 radical (unpaired) electrons. The molecular weight excluding hydrogens is 182 g/mol. The Morgan fingerprint density at radius 1 is 1.43 bits per heavy atom. The largest absolute Gasteiger partial charge is 0.493 e. The minimum Gasteiger partial charge on any atom is -0.493 e. The number of hydrogen-bond acceptors (Lipinski definition) is 4. The molecule has 0 aromatic heterocycles. The zero-order chi connectivity index (χ0) is 10.4. The van der Waals surface area contributed by atoms with Crippen molar-refractivity contribution in [1.82, 2.24) is 0 Å². The number of hydrogen-bond donors (Lipinski definition) is 1. The van der Waals surface area contributed by atoms with Crippen molar-refractivity contribution in [3.63, 3.8) is 0 Å². The summed E-state index contributed by atoms with van der Waals surface area (Å²) < 4.78 is 9.95. The van der Waals surface area contributed by atoms with Gasteiger partial charge in [0.25, 0.3) is 0 Å². The molecule has 0 spiro atoms. The minimum absolute atomic E-state index is 0.329. The Balaban J connectivity index is 2.94. The highest BCUT2D eigenvalue weighted by Crippen LogP contribution is 2.27. The van der Waals surface area contributed by atoms with Gasteiger partial charge in [-0.2, -0.15) is 5.26 Å². The highest BCUT2D eigenvalue weighted by atomic mass is 16.6.